The fraction of sp³-hybridized carbons (Fsp3) is 0.0526. The van der Waals surface area contributed by atoms with E-state index in [0.29, 0.717) is 22.3 Å². The van der Waals surface area contributed by atoms with E-state index in [2.05, 4.69) is 5.32 Å². The summed E-state index contributed by atoms with van der Waals surface area (Å²) < 4.78 is 10.3. The van der Waals surface area contributed by atoms with Crippen LogP contribution in [0.25, 0.3) is 17.0 Å². The van der Waals surface area contributed by atoms with E-state index in [1.807, 2.05) is 0 Å². The predicted molar refractivity (Wildman–Crippen MR) is 99.8 cm³/mol. The Morgan fingerprint density at radius 1 is 1.22 bits per heavy atom. The van der Waals surface area contributed by atoms with E-state index in [9.17, 15) is 19.7 Å². The van der Waals surface area contributed by atoms with Crippen LogP contribution < -0.4 is 15.7 Å². The van der Waals surface area contributed by atoms with Crippen molar-refractivity contribution in [2.45, 2.75) is 0 Å². The molecule has 0 unspecified atom stereocenters. The van der Waals surface area contributed by atoms with Crippen molar-refractivity contribution in [3.8, 4) is 5.75 Å². The van der Waals surface area contributed by atoms with E-state index in [4.69, 9.17) is 9.15 Å². The summed E-state index contributed by atoms with van der Waals surface area (Å²) in [6.45, 7) is 0. The first kappa shape index (κ1) is 17.9. The molecule has 0 saturated carbocycles. The maximum Gasteiger partial charge on any atom is 0.360 e. The minimum absolute atomic E-state index is 0.0237. The number of nitrogens with one attached hydrogen (secondary N) is 1. The van der Waals surface area contributed by atoms with Crippen LogP contribution in [0.1, 0.15) is 5.56 Å². The number of nitro groups is 1. The van der Waals surface area contributed by atoms with Gasteiger partial charge in [-0.15, -0.1) is 0 Å². The number of hydrogen-bond acceptors (Lipinski definition) is 6. The lowest BCUT2D eigenvalue weighted by atomic mass is 10.2. The highest BCUT2D eigenvalue weighted by Gasteiger charge is 2.09. The molecule has 0 fully saturated rings. The van der Waals surface area contributed by atoms with Crippen molar-refractivity contribution in [1.29, 1.82) is 0 Å². The van der Waals surface area contributed by atoms with E-state index in [1.54, 1.807) is 24.3 Å². The standard InChI is InChI=1S/C19H14N2O6/c1-26-15-6-7-17-13(10-15)11-16(19(23)27-17)20-18(22)8-5-12-3-2-4-14(9-12)21(24)25/h2-11H,1H3,(H,20,22). The second-order valence-corrected chi connectivity index (χ2v) is 5.53. The van der Waals surface area contributed by atoms with Crippen LogP contribution in [0.15, 0.2) is 63.8 Å². The molecule has 0 bridgehead atoms. The summed E-state index contributed by atoms with van der Waals surface area (Å²) in [5, 5.41) is 13.8. The van der Waals surface area contributed by atoms with Gasteiger partial charge in [0.1, 0.15) is 17.0 Å². The van der Waals surface area contributed by atoms with E-state index >= 15 is 0 Å². The predicted octanol–water partition coefficient (Wildman–Crippen LogP) is 3.36. The van der Waals surface area contributed by atoms with E-state index < -0.39 is 16.5 Å². The van der Waals surface area contributed by atoms with Gasteiger partial charge in [-0.2, -0.15) is 0 Å². The highest BCUT2D eigenvalue weighted by molar-refractivity contribution is 6.02. The van der Waals surface area contributed by atoms with Gasteiger partial charge in [0, 0.05) is 23.6 Å². The fourth-order valence-corrected chi connectivity index (χ4v) is 2.40. The van der Waals surface area contributed by atoms with Crippen molar-refractivity contribution in [1.82, 2.24) is 0 Å². The molecule has 0 aliphatic carbocycles. The number of nitrogens with zero attached hydrogens (tertiary/aromatic N) is 1. The third kappa shape index (κ3) is 4.18. The van der Waals surface area contributed by atoms with Crippen molar-refractivity contribution in [2.24, 2.45) is 0 Å². The van der Waals surface area contributed by atoms with Gasteiger partial charge in [-0.3, -0.25) is 14.9 Å². The van der Waals surface area contributed by atoms with Gasteiger partial charge < -0.3 is 14.5 Å². The van der Waals surface area contributed by atoms with Crippen LogP contribution in [0.4, 0.5) is 11.4 Å². The number of benzene rings is 2. The molecule has 0 aliphatic heterocycles. The molecule has 1 heterocycles. The highest BCUT2D eigenvalue weighted by Crippen LogP contribution is 2.21. The van der Waals surface area contributed by atoms with Crippen molar-refractivity contribution in [2.75, 3.05) is 12.4 Å². The number of non-ortho nitro benzene ring substituents is 1. The molecule has 1 N–H and O–H groups in total. The molecule has 0 atom stereocenters. The zero-order chi connectivity index (χ0) is 19.4. The molecule has 27 heavy (non-hydrogen) atoms. The zero-order valence-electron chi connectivity index (χ0n) is 14.2. The van der Waals surface area contributed by atoms with Crippen LogP contribution in [-0.2, 0) is 4.79 Å². The van der Waals surface area contributed by atoms with E-state index in [1.165, 1.54) is 43.5 Å². The van der Waals surface area contributed by atoms with Gasteiger partial charge in [-0.05, 0) is 35.9 Å². The number of fused-ring (bicyclic) bond motifs is 1. The molecular weight excluding hydrogens is 352 g/mol. The Hall–Kier alpha value is -3.94. The normalized spacial score (nSPS) is 10.9. The molecule has 3 rings (SSSR count). The second-order valence-electron chi connectivity index (χ2n) is 5.53. The zero-order valence-corrected chi connectivity index (χ0v) is 14.2. The second kappa shape index (κ2) is 7.52. The summed E-state index contributed by atoms with van der Waals surface area (Å²) in [7, 11) is 1.52. The summed E-state index contributed by atoms with van der Waals surface area (Å²) in [4.78, 5) is 34.3. The first-order valence-electron chi connectivity index (χ1n) is 7.82. The van der Waals surface area contributed by atoms with Gasteiger partial charge in [0.15, 0.2) is 0 Å². The molecule has 136 valence electrons. The minimum Gasteiger partial charge on any atom is -0.497 e. The maximum atomic E-state index is 12.1. The first-order chi connectivity index (χ1) is 13.0. The fourth-order valence-electron chi connectivity index (χ4n) is 2.40. The van der Waals surface area contributed by atoms with Gasteiger partial charge in [0.2, 0.25) is 5.91 Å². The van der Waals surface area contributed by atoms with E-state index in [-0.39, 0.29) is 11.4 Å². The number of nitro benzene ring substituents is 1. The van der Waals surface area contributed by atoms with Gasteiger partial charge in [0.05, 0.1) is 12.0 Å². The van der Waals surface area contributed by atoms with Gasteiger partial charge in [-0.1, -0.05) is 12.1 Å². The highest BCUT2D eigenvalue weighted by atomic mass is 16.6. The molecule has 0 radical (unpaired) electrons. The largest absolute Gasteiger partial charge is 0.497 e. The van der Waals surface area contributed by atoms with Crippen molar-refractivity contribution in [3.05, 3.63) is 80.7 Å². The third-order valence-corrected chi connectivity index (χ3v) is 3.71. The Morgan fingerprint density at radius 3 is 2.78 bits per heavy atom. The van der Waals surface area contributed by atoms with Crippen molar-refractivity contribution < 1.29 is 18.9 Å². The monoisotopic (exact) mass is 366 g/mol. The Labute approximate surface area is 152 Å². The van der Waals surface area contributed by atoms with Crippen LogP contribution in [0.5, 0.6) is 5.75 Å². The number of anilines is 1. The van der Waals surface area contributed by atoms with Crippen molar-refractivity contribution >= 4 is 34.3 Å². The molecule has 2 aromatic carbocycles. The summed E-state index contributed by atoms with van der Waals surface area (Å²) in [5.74, 6) is 0.00949. The van der Waals surface area contributed by atoms with Crippen LogP contribution >= 0.6 is 0 Å². The lowest BCUT2D eigenvalue weighted by Gasteiger charge is -2.04. The first-order valence-corrected chi connectivity index (χ1v) is 7.82. The quantitative estimate of drug-likeness (QED) is 0.321. The average molecular weight is 366 g/mol. The number of methoxy groups -OCH3 is 1. The molecule has 0 aliphatic rings. The molecular formula is C19H14N2O6. The van der Waals surface area contributed by atoms with Crippen LogP contribution in [0.2, 0.25) is 0 Å². The summed E-state index contributed by atoms with van der Waals surface area (Å²) in [5.41, 5.74) is 0.0523. The van der Waals surface area contributed by atoms with Crippen molar-refractivity contribution in [3.63, 3.8) is 0 Å². The number of carbonyl (C=O) groups excluding carboxylic acids is 1. The number of hydrogen-bond donors (Lipinski definition) is 1. The SMILES string of the molecule is COc1ccc2oc(=O)c(NC(=O)C=Cc3cccc([N+](=O)[O-])c3)cc2c1. The molecule has 0 saturated heterocycles. The number of carbonyl (C=O) groups is 1. The van der Waals surface area contributed by atoms with Crippen LogP contribution in [0, 0.1) is 10.1 Å². The molecule has 1 aromatic heterocycles. The lowest BCUT2D eigenvalue weighted by molar-refractivity contribution is -0.384. The molecule has 0 spiro atoms. The lowest BCUT2D eigenvalue weighted by Crippen LogP contribution is -2.15. The Kier molecular flexibility index (Phi) is 4.98. The molecule has 8 nitrogen and oxygen atoms in total. The van der Waals surface area contributed by atoms with Gasteiger partial charge >= 0.3 is 5.63 Å². The van der Waals surface area contributed by atoms with Crippen LogP contribution in [0.3, 0.4) is 0 Å². The average Bonchev–Trinajstić information content (AvgIpc) is 2.67. The number of rotatable bonds is 5. The van der Waals surface area contributed by atoms with E-state index in [0.717, 1.165) is 0 Å². The maximum absolute atomic E-state index is 12.1. The molecule has 3 aromatic rings. The third-order valence-electron chi connectivity index (χ3n) is 3.71. The summed E-state index contributed by atoms with van der Waals surface area (Å²) >= 11 is 0. The van der Waals surface area contributed by atoms with Gasteiger partial charge in [-0.25, -0.2) is 4.79 Å². The molecule has 8 heteroatoms. The Morgan fingerprint density at radius 2 is 2.04 bits per heavy atom. The smallest absolute Gasteiger partial charge is 0.360 e. The minimum atomic E-state index is -0.690. The topological polar surface area (TPSA) is 112 Å². The Bertz CT molecular complexity index is 1120. The van der Waals surface area contributed by atoms with Gasteiger partial charge in [0.25, 0.3) is 5.69 Å². The number of amides is 1. The summed E-state index contributed by atoms with van der Waals surface area (Å²) in [6, 6.07) is 12.2. The van der Waals surface area contributed by atoms with Crippen LogP contribution in [-0.4, -0.2) is 17.9 Å². The Balaban J connectivity index is 1.81. The number of ether oxygens (including phenoxy) is 1. The molecule has 1 amide bonds. The summed E-state index contributed by atoms with van der Waals surface area (Å²) in [6.07, 6.45) is 2.59.